The van der Waals surface area contributed by atoms with Crippen molar-refractivity contribution in [2.45, 2.75) is 70.6 Å². The Morgan fingerprint density at radius 2 is 1.32 bits per heavy atom. The van der Waals surface area contributed by atoms with Crippen molar-refractivity contribution >= 4 is 11.9 Å². The summed E-state index contributed by atoms with van der Waals surface area (Å²) in [6.45, 7) is 0. The third-order valence-corrected chi connectivity index (χ3v) is 3.04. The van der Waals surface area contributed by atoms with Crippen molar-refractivity contribution in [3.63, 3.8) is 0 Å². The van der Waals surface area contributed by atoms with Gasteiger partial charge < -0.3 is 10.8 Å². The minimum Gasteiger partial charge on any atom is -0.481 e. The topological polar surface area (TPSA) is 80.4 Å². The molecule has 0 saturated carbocycles. The van der Waals surface area contributed by atoms with Crippen LogP contribution < -0.4 is 5.73 Å². The number of amides is 1. The van der Waals surface area contributed by atoms with Gasteiger partial charge in [0.2, 0.25) is 5.91 Å². The lowest BCUT2D eigenvalue weighted by Crippen LogP contribution is -2.05. The van der Waals surface area contributed by atoms with Crippen LogP contribution in [0.4, 0.5) is 0 Å². The molecule has 0 fully saturated rings. The number of rotatable bonds is 13. The normalized spacial score (nSPS) is 10.9. The molecule has 4 nitrogen and oxygen atoms in total. The highest BCUT2D eigenvalue weighted by Crippen LogP contribution is 2.11. The van der Waals surface area contributed by atoms with E-state index in [1.54, 1.807) is 0 Å². The Morgan fingerprint density at radius 1 is 0.842 bits per heavy atom. The van der Waals surface area contributed by atoms with E-state index >= 15 is 0 Å². The highest BCUT2D eigenvalue weighted by Gasteiger charge is 1.96. The number of carboxylic acids is 1. The van der Waals surface area contributed by atoms with E-state index in [1.165, 1.54) is 38.2 Å². The minimum atomic E-state index is -0.689. The summed E-state index contributed by atoms with van der Waals surface area (Å²) in [6.07, 6.45) is 14.7. The molecular weight excluding hydrogens is 242 g/mol. The van der Waals surface area contributed by atoms with Gasteiger partial charge in [0.1, 0.15) is 0 Å². The molecule has 0 radical (unpaired) electrons. The highest BCUT2D eigenvalue weighted by molar-refractivity contribution is 5.85. The van der Waals surface area contributed by atoms with Crippen LogP contribution in [0.5, 0.6) is 0 Å². The molecule has 0 aromatic heterocycles. The van der Waals surface area contributed by atoms with Crippen molar-refractivity contribution in [2.75, 3.05) is 0 Å². The fourth-order valence-electron chi connectivity index (χ4n) is 1.98. The predicted molar refractivity (Wildman–Crippen MR) is 76.8 cm³/mol. The van der Waals surface area contributed by atoms with Crippen LogP contribution in [0.3, 0.4) is 0 Å². The minimum absolute atomic E-state index is 0.304. The van der Waals surface area contributed by atoms with E-state index in [0.717, 1.165) is 32.1 Å². The lowest BCUT2D eigenvalue weighted by atomic mass is 10.1. The Hall–Kier alpha value is -1.32. The smallest absolute Gasteiger partial charge is 0.303 e. The summed E-state index contributed by atoms with van der Waals surface area (Å²) in [6, 6.07) is 0. The van der Waals surface area contributed by atoms with Gasteiger partial charge in [0.15, 0.2) is 0 Å². The SMILES string of the molecule is NC(=O)C=CCCCCCCCCCCCC(=O)O. The molecule has 0 unspecified atom stereocenters. The van der Waals surface area contributed by atoms with Gasteiger partial charge in [-0.05, 0) is 25.3 Å². The van der Waals surface area contributed by atoms with E-state index in [2.05, 4.69) is 0 Å². The molecule has 110 valence electrons. The van der Waals surface area contributed by atoms with E-state index in [1.807, 2.05) is 6.08 Å². The largest absolute Gasteiger partial charge is 0.481 e. The van der Waals surface area contributed by atoms with Crippen LogP contribution >= 0.6 is 0 Å². The molecule has 1 amide bonds. The van der Waals surface area contributed by atoms with Gasteiger partial charge in [-0.15, -0.1) is 0 Å². The zero-order valence-electron chi connectivity index (χ0n) is 11.8. The molecule has 0 heterocycles. The average molecular weight is 269 g/mol. The third-order valence-electron chi connectivity index (χ3n) is 3.04. The first kappa shape index (κ1) is 17.7. The lowest BCUT2D eigenvalue weighted by Gasteiger charge is -2.01. The zero-order chi connectivity index (χ0) is 14.3. The maximum atomic E-state index is 10.4. The maximum absolute atomic E-state index is 10.4. The summed E-state index contributed by atoms with van der Waals surface area (Å²) in [5.74, 6) is -1.06. The number of carbonyl (C=O) groups excluding carboxylic acids is 1. The Kier molecular flexibility index (Phi) is 12.2. The second kappa shape index (κ2) is 13.1. The molecule has 19 heavy (non-hydrogen) atoms. The number of hydrogen-bond donors (Lipinski definition) is 2. The summed E-state index contributed by atoms with van der Waals surface area (Å²) >= 11 is 0. The summed E-state index contributed by atoms with van der Waals surface area (Å²) in [4.78, 5) is 20.7. The monoisotopic (exact) mass is 269 g/mol. The van der Waals surface area contributed by atoms with Crippen molar-refractivity contribution in [3.05, 3.63) is 12.2 Å². The van der Waals surface area contributed by atoms with E-state index in [9.17, 15) is 9.59 Å². The van der Waals surface area contributed by atoms with Crippen LogP contribution in [0.2, 0.25) is 0 Å². The number of primary amides is 1. The number of aliphatic carboxylic acids is 1. The van der Waals surface area contributed by atoms with Crippen LogP contribution in [0, 0.1) is 0 Å². The first-order chi connectivity index (χ1) is 9.13. The Morgan fingerprint density at radius 3 is 1.79 bits per heavy atom. The zero-order valence-corrected chi connectivity index (χ0v) is 11.8. The quantitative estimate of drug-likeness (QED) is 0.397. The first-order valence-electron chi connectivity index (χ1n) is 7.30. The average Bonchev–Trinajstić information content (AvgIpc) is 2.34. The van der Waals surface area contributed by atoms with Gasteiger partial charge in [-0.3, -0.25) is 9.59 Å². The molecule has 3 N–H and O–H groups in total. The van der Waals surface area contributed by atoms with Gasteiger partial charge in [-0.2, -0.15) is 0 Å². The van der Waals surface area contributed by atoms with E-state index in [-0.39, 0.29) is 5.91 Å². The predicted octanol–water partition coefficient (Wildman–Crippen LogP) is 3.40. The van der Waals surface area contributed by atoms with Gasteiger partial charge in [-0.1, -0.05) is 51.0 Å². The number of allylic oxidation sites excluding steroid dienone is 1. The van der Waals surface area contributed by atoms with Crippen molar-refractivity contribution in [2.24, 2.45) is 5.73 Å². The highest BCUT2D eigenvalue weighted by atomic mass is 16.4. The maximum Gasteiger partial charge on any atom is 0.303 e. The Balaban J connectivity index is 3.07. The van der Waals surface area contributed by atoms with Gasteiger partial charge in [0.05, 0.1) is 0 Å². The van der Waals surface area contributed by atoms with Crippen LogP contribution in [-0.4, -0.2) is 17.0 Å². The molecule has 0 aromatic rings. The molecule has 0 aliphatic carbocycles. The first-order valence-corrected chi connectivity index (χ1v) is 7.30. The number of hydrogen-bond acceptors (Lipinski definition) is 2. The van der Waals surface area contributed by atoms with Crippen molar-refractivity contribution in [1.82, 2.24) is 0 Å². The molecule has 0 saturated heterocycles. The van der Waals surface area contributed by atoms with Crippen molar-refractivity contribution in [1.29, 1.82) is 0 Å². The molecular formula is C15H27NO3. The van der Waals surface area contributed by atoms with Gasteiger partial charge in [-0.25, -0.2) is 0 Å². The van der Waals surface area contributed by atoms with E-state index < -0.39 is 5.97 Å². The van der Waals surface area contributed by atoms with Gasteiger partial charge in [0.25, 0.3) is 0 Å². The Bertz CT molecular complexity index is 275. The fraction of sp³-hybridized carbons (Fsp3) is 0.733. The number of carboxylic acid groups (broad SMARTS) is 1. The second-order valence-electron chi connectivity index (χ2n) is 4.92. The Labute approximate surface area is 116 Å². The number of unbranched alkanes of at least 4 members (excludes halogenated alkanes) is 9. The molecule has 0 atom stereocenters. The van der Waals surface area contributed by atoms with Crippen molar-refractivity contribution in [3.8, 4) is 0 Å². The van der Waals surface area contributed by atoms with Crippen LogP contribution in [0.25, 0.3) is 0 Å². The third kappa shape index (κ3) is 16.7. The number of carbonyl (C=O) groups is 2. The molecule has 0 aliphatic heterocycles. The van der Waals surface area contributed by atoms with Gasteiger partial charge >= 0.3 is 5.97 Å². The molecule has 0 spiro atoms. The van der Waals surface area contributed by atoms with E-state index in [4.69, 9.17) is 10.8 Å². The van der Waals surface area contributed by atoms with Gasteiger partial charge in [0, 0.05) is 6.42 Å². The molecule has 0 rings (SSSR count). The molecule has 0 aliphatic rings. The van der Waals surface area contributed by atoms with Crippen molar-refractivity contribution < 1.29 is 14.7 Å². The van der Waals surface area contributed by atoms with Crippen LogP contribution in [0.15, 0.2) is 12.2 Å². The summed E-state index contributed by atoms with van der Waals surface area (Å²) < 4.78 is 0. The summed E-state index contributed by atoms with van der Waals surface area (Å²) in [5, 5.41) is 8.47. The van der Waals surface area contributed by atoms with E-state index in [0.29, 0.717) is 6.42 Å². The standard InChI is InChI=1S/C15H27NO3/c16-14(17)12-10-8-6-4-2-1-3-5-7-9-11-13-15(18)19/h10,12H,1-9,11,13H2,(H2,16,17)(H,18,19). The fourth-order valence-corrected chi connectivity index (χ4v) is 1.98. The second-order valence-corrected chi connectivity index (χ2v) is 4.92. The molecule has 0 bridgehead atoms. The van der Waals surface area contributed by atoms with Crippen LogP contribution in [-0.2, 0) is 9.59 Å². The molecule has 0 aromatic carbocycles. The molecule has 4 heteroatoms. The summed E-state index contributed by atoms with van der Waals surface area (Å²) in [7, 11) is 0. The lowest BCUT2D eigenvalue weighted by molar-refractivity contribution is -0.137. The van der Waals surface area contributed by atoms with Crippen LogP contribution in [0.1, 0.15) is 70.6 Å². The number of nitrogens with two attached hydrogens (primary N) is 1. The summed E-state index contributed by atoms with van der Waals surface area (Å²) in [5.41, 5.74) is 4.98.